The highest BCUT2D eigenvalue weighted by Crippen LogP contribution is 2.34. The Balaban J connectivity index is 2.17. The topological polar surface area (TPSA) is 58.2 Å². The molecule has 11 heteroatoms. The van der Waals surface area contributed by atoms with E-state index in [-0.39, 0.29) is 12.1 Å². The van der Waals surface area contributed by atoms with Crippen molar-refractivity contribution in [1.29, 1.82) is 0 Å². The Morgan fingerprint density at radius 3 is 1.81 bits per heavy atom. The van der Waals surface area contributed by atoms with E-state index in [0.717, 1.165) is 18.2 Å². The first kappa shape index (κ1) is 19.2. The van der Waals surface area contributed by atoms with Gasteiger partial charge in [0.25, 0.3) is 5.91 Å². The molecule has 0 radical (unpaired) electrons. The number of imide groups is 1. The van der Waals surface area contributed by atoms with Gasteiger partial charge in [0, 0.05) is 5.69 Å². The van der Waals surface area contributed by atoms with E-state index < -0.39 is 58.2 Å². The lowest BCUT2D eigenvalue weighted by Gasteiger charge is -2.12. The molecule has 2 N–H and O–H groups in total. The van der Waals surface area contributed by atoms with Gasteiger partial charge >= 0.3 is 12.2 Å². The van der Waals surface area contributed by atoms with Crippen LogP contribution in [0.15, 0.2) is 30.3 Å². The molecule has 0 aliphatic heterocycles. The molecule has 0 aliphatic carbocycles. The minimum Gasteiger partial charge on any atom is -0.307 e. The normalized spacial score (nSPS) is 11.2. The lowest BCUT2D eigenvalue weighted by Crippen LogP contribution is -2.35. The van der Waals surface area contributed by atoms with Crippen molar-refractivity contribution in [2.45, 2.75) is 6.18 Å². The number of hydrogen-bond acceptors (Lipinski definition) is 2. The Morgan fingerprint density at radius 1 is 0.846 bits per heavy atom. The number of amides is 3. The van der Waals surface area contributed by atoms with Crippen LogP contribution in [0.5, 0.6) is 0 Å². The summed E-state index contributed by atoms with van der Waals surface area (Å²) in [4.78, 5) is 23.2. The molecule has 2 rings (SSSR count). The SMILES string of the molecule is O=C(NC(=O)c1c(F)cccc1F)Nc1cc(F)c(C(F)(F)F)c(F)c1. The number of anilines is 1. The van der Waals surface area contributed by atoms with Crippen molar-refractivity contribution in [3.05, 3.63) is 64.7 Å². The maximum atomic E-state index is 13.4. The lowest BCUT2D eigenvalue weighted by molar-refractivity contribution is -0.142. The van der Waals surface area contributed by atoms with E-state index in [1.165, 1.54) is 5.32 Å². The number of nitrogens with one attached hydrogen (secondary N) is 2. The average molecular weight is 380 g/mol. The molecule has 0 saturated carbocycles. The van der Waals surface area contributed by atoms with E-state index in [1.807, 2.05) is 0 Å². The van der Waals surface area contributed by atoms with Gasteiger partial charge in [0.2, 0.25) is 0 Å². The number of rotatable bonds is 2. The third kappa shape index (κ3) is 4.10. The second-order valence-corrected chi connectivity index (χ2v) is 4.82. The zero-order chi connectivity index (χ0) is 19.6. The molecular formula is C15H7F7N2O2. The van der Waals surface area contributed by atoms with Gasteiger partial charge in [-0.25, -0.2) is 22.4 Å². The summed E-state index contributed by atoms with van der Waals surface area (Å²) in [5.41, 5.74) is -4.01. The summed E-state index contributed by atoms with van der Waals surface area (Å²) in [6.45, 7) is 0. The average Bonchev–Trinajstić information content (AvgIpc) is 2.44. The van der Waals surface area contributed by atoms with E-state index in [0.29, 0.717) is 0 Å². The van der Waals surface area contributed by atoms with Crippen LogP contribution in [-0.2, 0) is 6.18 Å². The van der Waals surface area contributed by atoms with Crippen LogP contribution in [0.4, 0.5) is 41.2 Å². The molecule has 0 fully saturated rings. The maximum absolute atomic E-state index is 13.4. The lowest BCUT2D eigenvalue weighted by atomic mass is 10.1. The summed E-state index contributed by atoms with van der Waals surface area (Å²) >= 11 is 0. The molecule has 0 aromatic heterocycles. The van der Waals surface area contributed by atoms with Gasteiger partial charge in [-0.2, -0.15) is 13.2 Å². The number of alkyl halides is 3. The van der Waals surface area contributed by atoms with Crippen LogP contribution in [0.25, 0.3) is 0 Å². The van der Waals surface area contributed by atoms with Crippen molar-refractivity contribution in [1.82, 2.24) is 5.32 Å². The predicted molar refractivity (Wildman–Crippen MR) is 74.2 cm³/mol. The van der Waals surface area contributed by atoms with Crippen LogP contribution in [0.2, 0.25) is 0 Å². The highest BCUT2D eigenvalue weighted by atomic mass is 19.4. The largest absolute Gasteiger partial charge is 0.422 e. The molecule has 0 saturated heterocycles. The third-order valence-corrected chi connectivity index (χ3v) is 3.00. The molecular weight excluding hydrogens is 373 g/mol. The first-order chi connectivity index (χ1) is 12.0. The highest BCUT2D eigenvalue weighted by molar-refractivity contribution is 6.08. The van der Waals surface area contributed by atoms with E-state index in [9.17, 15) is 40.3 Å². The number of urea groups is 1. The highest BCUT2D eigenvalue weighted by Gasteiger charge is 2.38. The Labute approximate surface area is 140 Å². The molecule has 4 nitrogen and oxygen atoms in total. The number of halogens is 7. The Kier molecular flexibility index (Phi) is 5.19. The van der Waals surface area contributed by atoms with E-state index in [1.54, 1.807) is 5.32 Å². The van der Waals surface area contributed by atoms with Gasteiger partial charge in [-0.3, -0.25) is 10.1 Å². The van der Waals surface area contributed by atoms with Gasteiger partial charge in [-0.05, 0) is 24.3 Å². The monoisotopic (exact) mass is 380 g/mol. The van der Waals surface area contributed by atoms with Gasteiger partial charge in [0.05, 0.1) is 0 Å². The van der Waals surface area contributed by atoms with Crippen molar-refractivity contribution in [2.75, 3.05) is 5.32 Å². The quantitative estimate of drug-likeness (QED) is 0.767. The van der Waals surface area contributed by atoms with Crippen molar-refractivity contribution >= 4 is 17.6 Å². The van der Waals surface area contributed by atoms with Crippen LogP contribution in [-0.4, -0.2) is 11.9 Å². The summed E-state index contributed by atoms with van der Waals surface area (Å²) in [5.74, 6) is -8.06. The molecule has 26 heavy (non-hydrogen) atoms. The molecule has 0 unspecified atom stereocenters. The van der Waals surface area contributed by atoms with Crippen molar-refractivity contribution < 1.29 is 40.3 Å². The standard InChI is InChI=1S/C15H7F7N2O2/c16-7-2-1-3-8(17)11(7)13(25)24-14(26)23-6-4-9(18)12(10(19)5-6)15(20,21)22/h1-5H,(H2,23,24,25,26). The van der Waals surface area contributed by atoms with E-state index >= 15 is 0 Å². The van der Waals surface area contributed by atoms with Crippen LogP contribution in [0.3, 0.4) is 0 Å². The van der Waals surface area contributed by atoms with Crippen molar-refractivity contribution in [3.8, 4) is 0 Å². The molecule has 2 aromatic carbocycles. The van der Waals surface area contributed by atoms with Gasteiger partial charge in [-0.1, -0.05) is 6.07 Å². The Hall–Kier alpha value is -3.11. The molecule has 2 aromatic rings. The van der Waals surface area contributed by atoms with Gasteiger partial charge in [-0.15, -0.1) is 0 Å². The zero-order valence-corrected chi connectivity index (χ0v) is 12.3. The van der Waals surface area contributed by atoms with Gasteiger partial charge < -0.3 is 5.32 Å². The van der Waals surface area contributed by atoms with Crippen LogP contribution in [0.1, 0.15) is 15.9 Å². The second-order valence-electron chi connectivity index (χ2n) is 4.82. The Bertz CT molecular complexity index is 838. The molecule has 0 aliphatic rings. The first-order valence-electron chi connectivity index (χ1n) is 6.63. The smallest absolute Gasteiger partial charge is 0.307 e. The number of carbonyl (C=O) groups is 2. The van der Waals surface area contributed by atoms with Crippen LogP contribution < -0.4 is 10.6 Å². The maximum Gasteiger partial charge on any atom is 0.422 e. The summed E-state index contributed by atoms with van der Waals surface area (Å²) in [7, 11) is 0. The second kappa shape index (κ2) is 7.02. The summed E-state index contributed by atoms with van der Waals surface area (Å²) < 4.78 is 90.9. The fourth-order valence-corrected chi connectivity index (χ4v) is 1.96. The predicted octanol–water partition coefficient (Wildman–Crippen LogP) is 4.22. The molecule has 138 valence electrons. The number of benzene rings is 2. The van der Waals surface area contributed by atoms with Crippen molar-refractivity contribution in [2.24, 2.45) is 0 Å². The molecule has 0 atom stereocenters. The molecule has 0 spiro atoms. The van der Waals surface area contributed by atoms with E-state index in [4.69, 9.17) is 0 Å². The minimum atomic E-state index is -5.30. The summed E-state index contributed by atoms with van der Waals surface area (Å²) in [6.07, 6.45) is -5.30. The third-order valence-electron chi connectivity index (χ3n) is 3.00. The number of carbonyl (C=O) groups excluding carboxylic acids is 2. The molecule has 0 heterocycles. The minimum absolute atomic E-state index is 0.166. The van der Waals surface area contributed by atoms with Crippen LogP contribution in [0, 0.1) is 23.3 Å². The van der Waals surface area contributed by atoms with Crippen molar-refractivity contribution in [3.63, 3.8) is 0 Å². The zero-order valence-electron chi connectivity index (χ0n) is 12.3. The Morgan fingerprint density at radius 2 is 1.35 bits per heavy atom. The fourth-order valence-electron chi connectivity index (χ4n) is 1.96. The molecule has 0 bridgehead atoms. The van der Waals surface area contributed by atoms with Crippen LogP contribution >= 0.6 is 0 Å². The van der Waals surface area contributed by atoms with Gasteiger partial charge in [0.1, 0.15) is 34.4 Å². The first-order valence-corrected chi connectivity index (χ1v) is 6.63. The number of hydrogen-bond donors (Lipinski definition) is 2. The van der Waals surface area contributed by atoms with E-state index in [2.05, 4.69) is 0 Å². The molecule has 3 amide bonds. The fraction of sp³-hybridized carbons (Fsp3) is 0.0667. The van der Waals surface area contributed by atoms with Gasteiger partial charge in [0.15, 0.2) is 0 Å². The summed E-state index contributed by atoms with van der Waals surface area (Å²) in [5, 5.41) is 3.15. The summed E-state index contributed by atoms with van der Waals surface area (Å²) in [6, 6.07) is 1.32.